The molecule has 0 aliphatic carbocycles. The van der Waals surface area contributed by atoms with Crippen molar-refractivity contribution in [2.45, 2.75) is 27.6 Å². The molecule has 1 aromatic rings. The molecular weight excluding hydrogens is 418 g/mol. The first-order valence-corrected chi connectivity index (χ1v) is 7.04. The van der Waals surface area contributed by atoms with Crippen LogP contribution in [0.5, 0.6) is 11.5 Å². The van der Waals surface area contributed by atoms with Crippen LogP contribution in [0.4, 0.5) is 0 Å². The van der Waals surface area contributed by atoms with Crippen LogP contribution in [-0.4, -0.2) is 10.2 Å². The van der Waals surface area contributed by atoms with Crippen LogP contribution < -0.4 is 0 Å². The summed E-state index contributed by atoms with van der Waals surface area (Å²) in [5.41, 5.74) is 0.803. The lowest BCUT2D eigenvalue weighted by Gasteiger charge is -2.22. The molecule has 4 heteroatoms. The highest BCUT2D eigenvalue weighted by atomic mass is 127. The van der Waals surface area contributed by atoms with Crippen LogP contribution in [0.3, 0.4) is 0 Å². The Hall–Kier alpha value is 0.280. The van der Waals surface area contributed by atoms with Crippen molar-refractivity contribution >= 4 is 45.2 Å². The van der Waals surface area contributed by atoms with Gasteiger partial charge >= 0.3 is 0 Å². The van der Waals surface area contributed by atoms with Crippen molar-refractivity contribution in [2.75, 3.05) is 0 Å². The molecule has 15 heavy (non-hydrogen) atoms. The molecule has 0 unspecified atom stereocenters. The smallest absolute Gasteiger partial charge is 0.162 e. The van der Waals surface area contributed by atoms with E-state index < -0.39 is 0 Å². The molecule has 84 valence electrons. The van der Waals surface area contributed by atoms with Crippen molar-refractivity contribution in [3.05, 3.63) is 23.8 Å². The minimum absolute atomic E-state index is 0.0115. The van der Waals surface area contributed by atoms with E-state index in [0.717, 1.165) is 24.8 Å². The summed E-state index contributed by atoms with van der Waals surface area (Å²) in [5.74, 6) is -0.0286. The molecule has 0 aliphatic rings. The molecule has 0 amide bonds. The third-order valence-electron chi connectivity index (χ3n) is 2.25. The molecule has 2 nitrogen and oxygen atoms in total. The van der Waals surface area contributed by atoms with Gasteiger partial charge in [-0.1, -0.05) is 77.1 Å². The van der Waals surface area contributed by atoms with E-state index in [1.165, 1.54) is 6.07 Å². The Morgan fingerprint density at radius 1 is 1.27 bits per heavy atom. The van der Waals surface area contributed by atoms with Crippen LogP contribution in [0.1, 0.15) is 31.7 Å². The van der Waals surface area contributed by atoms with Crippen LogP contribution in [0.2, 0.25) is 0 Å². The van der Waals surface area contributed by atoms with Crippen molar-refractivity contribution in [1.82, 2.24) is 0 Å². The van der Waals surface area contributed by atoms with E-state index in [1.54, 1.807) is 6.07 Å². The maximum absolute atomic E-state index is 9.77. The molecule has 0 saturated carbocycles. The third kappa shape index (κ3) is 3.37. The summed E-state index contributed by atoms with van der Waals surface area (Å²) in [6.45, 7) is 2.14. The minimum atomic E-state index is -0.144. The summed E-state index contributed by atoms with van der Waals surface area (Å²) in [5, 5.41) is 19.2. The van der Waals surface area contributed by atoms with Gasteiger partial charge in [0, 0.05) is 5.56 Å². The van der Waals surface area contributed by atoms with Crippen LogP contribution in [0.15, 0.2) is 18.2 Å². The number of benzene rings is 1. The maximum atomic E-state index is 9.77. The minimum Gasteiger partial charge on any atom is -0.504 e. The van der Waals surface area contributed by atoms with Crippen molar-refractivity contribution in [2.24, 2.45) is 0 Å². The van der Waals surface area contributed by atoms with E-state index in [-0.39, 0.29) is 12.9 Å². The Kier molecular flexibility index (Phi) is 4.95. The van der Waals surface area contributed by atoms with Gasteiger partial charge in [-0.2, -0.15) is 0 Å². The van der Waals surface area contributed by atoms with E-state index in [1.807, 2.05) is 6.07 Å². The molecule has 1 aromatic carbocycles. The SMILES string of the molecule is CCCCC(I)(I)c1cccc(O)c1O. The highest BCUT2D eigenvalue weighted by Crippen LogP contribution is 2.49. The zero-order valence-electron chi connectivity index (χ0n) is 8.50. The molecule has 2 N–H and O–H groups in total. The second kappa shape index (κ2) is 5.56. The highest BCUT2D eigenvalue weighted by molar-refractivity contribution is 14.2. The molecule has 0 atom stereocenters. The molecule has 0 saturated heterocycles. The van der Waals surface area contributed by atoms with Crippen LogP contribution in [0.25, 0.3) is 0 Å². The zero-order chi connectivity index (χ0) is 11.5. The summed E-state index contributed by atoms with van der Waals surface area (Å²) in [6.07, 6.45) is 3.23. The fraction of sp³-hybridized carbons (Fsp3) is 0.455. The summed E-state index contributed by atoms with van der Waals surface area (Å²) in [6, 6.07) is 5.13. The van der Waals surface area contributed by atoms with Gasteiger partial charge in [0.2, 0.25) is 0 Å². The lowest BCUT2D eigenvalue weighted by Crippen LogP contribution is -2.08. The first-order valence-electron chi connectivity index (χ1n) is 4.88. The molecule has 0 aromatic heterocycles. The van der Waals surface area contributed by atoms with Gasteiger partial charge in [-0.25, -0.2) is 0 Å². The second-order valence-corrected chi connectivity index (χ2v) is 9.23. The van der Waals surface area contributed by atoms with Gasteiger partial charge in [-0.3, -0.25) is 0 Å². The lowest BCUT2D eigenvalue weighted by molar-refractivity contribution is 0.398. The van der Waals surface area contributed by atoms with Crippen LogP contribution in [0, 0.1) is 0 Å². The van der Waals surface area contributed by atoms with Gasteiger partial charge in [-0.05, 0) is 12.5 Å². The lowest BCUT2D eigenvalue weighted by atomic mass is 10.1. The Morgan fingerprint density at radius 3 is 2.53 bits per heavy atom. The Balaban J connectivity index is 2.98. The number of rotatable bonds is 4. The fourth-order valence-electron chi connectivity index (χ4n) is 1.36. The quantitative estimate of drug-likeness (QED) is 0.423. The van der Waals surface area contributed by atoms with Crippen molar-refractivity contribution in [3.8, 4) is 11.5 Å². The summed E-state index contributed by atoms with van der Waals surface area (Å²) >= 11 is 4.65. The van der Waals surface area contributed by atoms with Gasteiger partial charge in [0.25, 0.3) is 0 Å². The van der Waals surface area contributed by atoms with E-state index >= 15 is 0 Å². The number of phenols is 2. The Labute approximate surface area is 117 Å². The van der Waals surface area contributed by atoms with Gasteiger partial charge in [0.05, 0.1) is 0 Å². The molecule has 0 radical (unpaired) electrons. The number of phenolic OH excluding ortho intramolecular Hbond substituents is 2. The number of hydrogen-bond acceptors (Lipinski definition) is 2. The molecule has 1 rings (SSSR count). The molecular formula is C11H14I2O2. The van der Waals surface area contributed by atoms with Gasteiger partial charge in [0.1, 0.15) is 1.43 Å². The zero-order valence-corrected chi connectivity index (χ0v) is 12.8. The third-order valence-corrected chi connectivity index (χ3v) is 4.49. The fourth-order valence-corrected chi connectivity index (χ4v) is 2.99. The van der Waals surface area contributed by atoms with Gasteiger partial charge in [0.15, 0.2) is 11.5 Å². The molecule has 0 spiro atoms. The number of aromatic hydroxyl groups is 2. The molecule has 0 bridgehead atoms. The summed E-state index contributed by atoms with van der Waals surface area (Å²) in [7, 11) is 0. The predicted octanol–water partition coefficient (Wildman–Crippen LogP) is 4.31. The van der Waals surface area contributed by atoms with Crippen LogP contribution >= 0.6 is 45.2 Å². The standard InChI is InChI=1S/C11H14I2O2/c1-2-3-7-11(12,13)8-5-4-6-9(14)10(8)15/h4-6,14-15H,2-3,7H2,1H3. The van der Waals surface area contributed by atoms with Crippen molar-refractivity contribution in [1.29, 1.82) is 0 Å². The highest BCUT2D eigenvalue weighted by Gasteiger charge is 2.28. The summed E-state index contributed by atoms with van der Waals surface area (Å²) in [4.78, 5) is 0. The van der Waals surface area contributed by atoms with E-state index in [4.69, 9.17) is 0 Å². The normalized spacial score (nSPS) is 11.7. The summed E-state index contributed by atoms with van der Waals surface area (Å²) < 4.78 is -0.144. The molecule has 0 aliphatic heterocycles. The molecule has 0 fully saturated rings. The van der Waals surface area contributed by atoms with E-state index in [2.05, 4.69) is 52.1 Å². The number of alkyl halides is 2. The number of para-hydroxylation sites is 1. The van der Waals surface area contributed by atoms with Crippen molar-refractivity contribution in [3.63, 3.8) is 0 Å². The average Bonchev–Trinajstić information content (AvgIpc) is 2.19. The Bertz CT molecular complexity index is 337. The van der Waals surface area contributed by atoms with Crippen LogP contribution in [-0.2, 0) is 1.43 Å². The predicted molar refractivity (Wildman–Crippen MR) is 79.0 cm³/mol. The van der Waals surface area contributed by atoms with Gasteiger partial charge in [-0.15, -0.1) is 0 Å². The average molecular weight is 432 g/mol. The first-order chi connectivity index (χ1) is 6.99. The maximum Gasteiger partial charge on any atom is 0.162 e. The van der Waals surface area contributed by atoms with E-state index in [9.17, 15) is 10.2 Å². The number of unbranched alkanes of at least 4 members (excludes halogenated alkanes) is 1. The first kappa shape index (κ1) is 13.3. The molecule has 0 heterocycles. The monoisotopic (exact) mass is 432 g/mol. The number of halogens is 2. The largest absolute Gasteiger partial charge is 0.504 e. The number of hydrogen-bond donors (Lipinski definition) is 2. The topological polar surface area (TPSA) is 40.5 Å². The Morgan fingerprint density at radius 2 is 1.93 bits per heavy atom. The van der Waals surface area contributed by atoms with Crippen molar-refractivity contribution < 1.29 is 10.2 Å². The van der Waals surface area contributed by atoms with E-state index in [0.29, 0.717) is 0 Å². The second-order valence-electron chi connectivity index (χ2n) is 3.48. The van der Waals surface area contributed by atoms with Gasteiger partial charge < -0.3 is 10.2 Å².